The van der Waals surface area contributed by atoms with Crippen molar-refractivity contribution in [1.29, 1.82) is 0 Å². The molecule has 7 nitrogen and oxygen atoms in total. The van der Waals surface area contributed by atoms with Gasteiger partial charge in [-0.15, -0.1) is 0 Å². The second kappa shape index (κ2) is 15.3. The van der Waals surface area contributed by atoms with E-state index < -0.39 is 0 Å². The van der Waals surface area contributed by atoms with Crippen molar-refractivity contribution < 1.29 is 23.9 Å². The highest BCUT2D eigenvalue weighted by Crippen LogP contribution is 2.27. The van der Waals surface area contributed by atoms with Crippen LogP contribution < -0.4 is 5.32 Å². The number of unbranched alkanes of at least 4 members (excludes halogenated alkanes) is 5. The number of benzene rings is 2. The van der Waals surface area contributed by atoms with E-state index in [1.807, 2.05) is 67.6 Å². The molecule has 0 fully saturated rings. The topological polar surface area (TPSA) is 92.8 Å². The monoisotopic (exact) mass is 516 g/mol. The molecule has 0 bridgehead atoms. The number of carbonyl (C=O) groups is 4. The van der Waals surface area contributed by atoms with Crippen molar-refractivity contribution in [3.05, 3.63) is 89.5 Å². The molecule has 38 heavy (non-hydrogen) atoms. The van der Waals surface area contributed by atoms with Gasteiger partial charge in [0.1, 0.15) is 0 Å². The van der Waals surface area contributed by atoms with Crippen molar-refractivity contribution in [1.82, 2.24) is 10.2 Å². The molecule has 3 amide bonds. The van der Waals surface area contributed by atoms with Gasteiger partial charge in [-0.05, 0) is 36.5 Å². The fraction of sp³-hybridized carbons (Fsp3) is 0.355. The van der Waals surface area contributed by atoms with Gasteiger partial charge in [-0.25, -0.2) is 4.79 Å². The number of hydrogen-bond donors (Lipinski definition) is 1. The first-order chi connectivity index (χ1) is 18.5. The maximum absolute atomic E-state index is 12.8. The van der Waals surface area contributed by atoms with Crippen LogP contribution in [0.2, 0.25) is 0 Å². The molecule has 0 aromatic heterocycles. The van der Waals surface area contributed by atoms with Gasteiger partial charge in [0.2, 0.25) is 5.91 Å². The van der Waals surface area contributed by atoms with Gasteiger partial charge in [-0.2, -0.15) is 0 Å². The van der Waals surface area contributed by atoms with E-state index >= 15 is 0 Å². The number of amides is 3. The van der Waals surface area contributed by atoms with Crippen LogP contribution in [0.4, 0.5) is 0 Å². The molecule has 1 aliphatic rings. The highest BCUT2D eigenvalue weighted by molar-refractivity contribution is 6.13. The average Bonchev–Trinajstić information content (AvgIpc) is 3.26. The largest absolute Gasteiger partial charge is 0.462 e. The van der Waals surface area contributed by atoms with Gasteiger partial charge in [0.05, 0.1) is 6.61 Å². The molecule has 3 rings (SSSR count). The van der Waals surface area contributed by atoms with Crippen LogP contribution in [0, 0.1) is 0 Å². The Labute approximate surface area is 224 Å². The first-order valence-electron chi connectivity index (χ1n) is 13.3. The number of imide groups is 1. The van der Waals surface area contributed by atoms with Crippen LogP contribution in [-0.4, -0.2) is 48.3 Å². The molecule has 0 atom stereocenters. The molecule has 0 saturated carbocycles. The van der Waals surface area contributed by atoms with Gasteiger partial charge < -0.3 is 10.1 Å². The van der Waals surface area contributed by atoms with E-state index in [2.05, 4.69) is 5.32 Å². The lowest BCUT2D eigenvalue weighted by Gasteiger charge is -2.13. The highest BCUT2D eigenvalue weighted by Gasteiger charge is 2.23. The molecular formula is C31H36N2O5. The first-order valence-corrected chi connectivity index (χ1v) is 13.3. The Kier molecular flexibility index (Phi) is 11.5. The van der Waals surface area contributed by atoms with Crippen LogP contribution in [-0.2, 0) is 23.9 Å². The number of carbonyl (C=O) groups excluding carboxylic acids is 4. The summed E-state index contributed by atoms with van der Waals surface area (Å²) in [5.41, 5.74) is 3.45. The lowest BCUT2D eigenvalue weighted by Crippen LogP contribution is -2.34. The summed E-state index contributed by atoms with van der Waals surface area (Å²) in [5, 5.41) is 2.83. The Morgan fingerprint density at radius 2 is 1.29 bits per heavy atom. The molecule has 0 saturated heterocycles. The lowest BCUT2D eigenvalue weighted by atomic mass is 9.93. The van der Waals surface area contributed by atoms with E-state index in [1.54, 1.807) is 0 Å². The first kappa shape index (κ1) is 28.6. The van der Waals surface area contributed by atoms with Crippen LogP contribution in [0.3, 0.4) is 0 Å². The van der Waals surface area contributed by atoms with E-state index in [0.29, 0.717) is 18.7 Å². The lowest BCUT2D eigenvalue weighted by molar-refractivity contribution is -0.139. The third-order valence-corrected chi connectivity index (χ3v) is 6.40. The zero-order valence-corrected chi connectivity index (χ0v) is 22.0. The number of esters is 1. The van der Waals surface area contributed by atoms with Crippen LogP contribution >= 0.6 is 0 Å². The summed E-state index contributed by atoms with van der Waals surface area (Å²) in [7, 11) is 0. The third-order valence-electron chi connectivity index (χ3n) is 6.40. The zero-order chi connectivity index (χ0) is 27.2. The molecular weight excluding hydrogens is 480 g/mol. The molecule has 2 aromatic rings. The summed E-state index contributed by atoms with van der Waals surface area (Å²) >= 11 is 0. The molecule has 0 unspecified atom stereocenters. The minimum Gasteiger partial charge on any atom is -0.462 e. The normalized spacial score (nSPS) is 12.5. The molecule has 200 valence electrons. The average molecular weight is 517 g/mol. The van der Waals surface area contributed by atoms with Crippen molar-refractivity contribution in [3.63, 3.8) is 0 Å². The third kappa shape index (κ3) is 8.83. The fourth-order valence-corrected chi connectivity index (χ4v) is 4.30. The van der Waals surface area contributed by atoms with E-state index in [4.69, 9.17) is 4.74 Å². The fourth-order valence-electron chi connectivity index (χ4n) is 4.30. The molecule has 2 aromatic carbocycles. The van der Waals surface area contributed by atoms with Gasteiger partial charge in [-0.3, -0.25) is 19.3 Å². The summed E-state index contributed by atoms with van der Waals surface area (Å²) in [6, 6.07) is 19.8. The van der Waals surface area contributed by atoms with Gasteiger partial charge in [-0.1, -0.05) is 86.3 Å². The smallest absolute Gasteiger partial charge is 0.334 e. The van der Waals surface area contributed by atoms with Gasteiger partial charge in [0.15, 0.2) is 0 Å². The second-order valence-corrected chi connectivity index (χ2v) is 9.25. The van der Waals surface area contributed by atoms with Crippen molar-refractivity contribution in [2.45, 2.75) is 51.9 Å². The number of rotatable bonds is 15. The van der Waals surface area contributed by atoms with Crippen molar-refractivity contribution in [3.8, 4) is 0 Å². The number of nitrogens with zero attached hydrogens (tertiary/aromatic N) is 1. The van der Waals surface area contributed by atoms with E-state index in [1.165, 1.54) is 12.2 Å². The Balaban J connectivity index is 1.28. The van der Waals surface area contributed by atoms with Crippen LogP contribution in [0.15, 0.2) is 78.4 Å². The zero-order valence-electron chi connectivity index (χ0n) is 22.0. The summed E-state index contributed by atoms with van der Waals surface area (Å²) < 4.78 is 5.58. The number of hydrogen-bond acceptors (Lipinski definition) is 5. The van der Waals surface area contributed by atoms with Crippen molar-refractivity contribution in [2.24, 2.45) is 0 Å². The Morgan fingerprint density at radius 1 is 0.763 bits per heavy atom. The quantitative estimate of drug-likeness (QED) is 0.159. The maximum Gasteiger partial charge on any atom is 0.334 e. The SMILES string of the molecule is CC(C(=O)OCCCCCCCCNC(=O)CCN1C(=O)C=CC1=O)=C(c1ccccc1)c1ccccc1. The molecule has 0 aliphatic carbocycles. The Morgan fingerprint density at radius 3 is 1.87 bits per heavy atom. The Bertz CT molecular complexity index is 1100. The minimum absolute atomic E-state index is 0.107. The molecule has 7 heteroatoms. The summed E-state index contributed by atoms with van der Waals surface area (Å²) in [5.74, 6) is -1.19. The number of nitrogens with one attached hydrogen (secondary N) is 1. The van der Waals surface area contributed by atoms with E-state index in [9.17, 15) is 19.2 Å². The van der Waals surface area contributed by atoms with E-state index in [-0.39, 0.29) is 36.7 Å². The highest BCUT2D eigenvalue weighted by atomic mass is 16.5. The summed E-state index contributed by atoms with van der Waals surface area (Å²) in [6.45, 7) is 2.89. The summed E-state index contributed by atoms with van der Waals surface area (Å²) in [4.78, 5) is 48.7. The maximum atomic E-state index is 12.8. The minimum atomic E-state index is -0.367. The summed E-state index contributed by atoms with van der Waals surface area (Å²) in [6.07, 6.45) is 8.27. The van der Waals surface area contributed by atoms with Gasteiger partial charge in [0.25, 0.3) is 11.8 Å². The van der Waals surface area contributed by atoms with Gasteiger partial charge >= 0.3 is 5.97 Å². The predicted octanol–water partition coefficient (Wildman–Crippen LogP) is 4.82. The van der Waals surface area contributed by atoms with Crippen molar-refractivity contribution >= 4 is 29.3 Å². The van der Waals surface area contributed by atoms with Crippen LogP contribution in [0.5, 0.6) is 0 Å². The van der Waals surface area contributed by atoms with Gasteiger partial charge in [0, 0.05) is 37.2 Å². The van der Waals surface area contributed by atoms with E-state index in [0.717, 1.165) is 60.1 Å². The standard InChI is InChI=1S/C31H36N2O5/c1-24(30(25-14-8-6-9-15-25)26-16-10-7-11-17-26)31(37)38-23-13-5-3-2-4-12-21-32-27(34)20-22-33-28(35)18-19-29(33)36/h6-11,14-19H,2-5,12-13,20-23H2,1H3,(H,32,34). The molecule has 0 radical (unpaired) electrons. The number of ether oxygens (including phenoxy) is 1. The predicted molar refractivity (Wildman–Crippen MR) is 147 cm³/mol. The Hall–Kier alpha value is -4.00. The second-order valence-electron chi connectivity index (χ2n) is 9.25. The molecule has 0 spiro atoms. The molecule has 1 N–H and O–H groups in total. The molecule has 1 aliphatic heterocycles. The van der Waals surface area contributed by atoms with Crippen LogP contribution in [0.1, 0.15) is 63.0 Å². The van der Waals surface area contributed by atoms with Crippen LogP contribution in [0.25, 0.3) is 5.57 Å². The van der Waals surface area contributed by atoms with Crippen molar-refractivity contribution in [2.75, 3.05) is 19.7 Å². The molecule has 1 heterocycles.